The van der Waals surface area contributed by atoms with Crippen molar-refractivity contribution in [2.45, 2.75) is 19.4 Å². The molecule has 0 aliphatic heterocycles. The molecule has 50 valence electrons. The van der Waals surface area contributed by atoms with E-state index in [0.29, 0.717) is 6.42 Å². The van der Waals surface area contributed by atoms with Gasteiger partial charge in [0.1, 0.15) is 0 Å². The van der Waals surface area contributed by atoms with Gasteiger partial charge in [-0.15, -0.1) is 0 Å². The summed E-state index contributed by atoms with van der Waals surface area (Å²) in [5.41, 5.74) is 0. The van der Waals surface area contributed by atoms with E-state index in [1.807, 2.05) is 0 Å². The zero-order valence-electron chi connectivity index (χ0n) is 5.55. The summed E-state index contributed by atoms with van der Waals surface area (Å²) in [7, 11) is 1.29. The lowest BCUT2D eigenvalue weighted by Crippen LogP contribution is -2.16. The summed E-state index contributed by atoms with van der Waals surface area (Å²) in [6.07, 6.45) is 0.524. The Kier molecular flexibility index (Phi) is 3.45. The zero-order valence-corrected chi connectivity index (χ0v) is 5.55. The minimum absolute atomic E-state index is 0.437. The van der Waals surface area contributed by atoms with Crippen molar-refractivity contribution in [2.24, 2.45) is 0 Å². The Hall–Kier alpha value is -1.04. The van der Waals surface area contributed by atoms with E-state index < -0.39 is 12.0 Å². The minimum Gasteiger partial charge on any atom is -0.463 e. The molecule has 0 heterocycles. The van der Waals surface area contributed by atoms with Crippen LogP contribution in [-0.4, -0.2) is 19.1 Å². The van der Waals surface area contributed by atoms with Crippen molar-refractivity contribution in [3.05, 3.63) is 11.4 Å². The molecular weight excluding hydrogens is 118 g/mol. The lowest BCUT2D eigenvalue weighted by atomic mass is 10.2. The number of hydrogen-bond donors (Lipinski definition) is 0. The molecule has 0 aromatic heterocycles. The molecule has 3 nitrogen and oxygen atoms in total. The molecule has 0 spiro atoms. The van der Waals surface area contributed by atoms with Crippen LogP contribution in [0.3, 0.4) is 0 Å². The minimum atomic E-state index is -0.602. The van der Waals surface area contributed by atoms with Gasteiger partial charge in [0.05, 0.1) is 7.11 Å². The normalized spacial score (nSPS) is 11.7. The van der Waals surface area contributed by atoms with Gasteiger partial charge in [-0.25, -0.2) is 11.4 Å². The summed E-state index contributed by atoms with van der Waals surface area (Å²) in [6, 6.07) is -0.602. The summed E-state index contributed by atoms with van der Waals surface area (Å²) in [5, 5.41) is 0. The van der Waals surface area contributed by atoms with Crippen LogP contribution in [0, 0.1) is 6.57 Å². The third kappa shape index (κ3) is 2.13. The van der Waals surface area contributed by atoms with Crippen LogP contribution in [0.5, 0.6) is 0 Å². The van der Waals surface area contributed by atoms with Gasteiger partial charge < -0.3 is 9.58 Å². The van der Waals surface area contributed by atoms with Crippen LogP contribution in [0.2, 0.25) is 0 Å². The van der Waals surface area contributed by atoms with Crippen molar-refractivity contribution in [3.63, 3.8) is 0 Å². The van der Waals surface area contributed by atoms with Crippen LogP contribution in [0.15, 0.2) is 0 Å². The van der Waals surface area contributed by atoms with E-state index in [1.54, 1.807) is 6.92 Å². The summed E-state index contributed by atoms with van der Waals surface area (Å²) in [4.78, 5) is 13.6. The second-order valence-electron chi connectivity index (χ2n) is 1.58. The predicted octanol–water partition coefficient (Wildman–Crippen LogP) is 0.857. The molecule has 3 heteroatoms. The fourth-order valence-electron chi connectivity index (χ4n) is 0.447. The molecule has 0 aliphatic rings. The number of rotatable bonds is 2. The first kappa shape index (κ1) is 7.96. The van der Waals surface area contributed by atoms with E-state index in [1.165, 1.54) is 7.11 Å². The first-order valence-electron chi connectivity index (χ1n) is 2.70. The molecule has 0 fully saturated rings. The van der Waals surface area contributed by atoms with Gasteiger partial charge in [-0.1, -0.05) is 6.92 Å². The van der Waals surface area contributed by atoms with Crippen molar-refractivity contribution >= 4 is 5.97 Å². The second kappa shape index (κ2) is 3.90. The number of carbonyl (C=O) groups excluding carboxylic acids is 1. The molecule has 0 saturated heterocycles. The van der Waals surface area contributed by atoms with Crippen LogP contribution in [0.25, 0.3) is 4.85 Å². The molecule has 9 heavy (non-hydrogen) atoms. The van der Waals surface area contributed by atoms with Gasteiger partial charge in [0.2, 0.25) is 0 Å². The van der Waals surface area contributed by atoms with Crippen LogP contribution in [0.4, 0.5) is 0 Å². The molecule has 0 amide bonds. The zero-order chi connectivity index (χ0) is 7.28. The Morgan fingerprint density at radius 1 is 1.89 bits per heavy atom. The molecule has 0 saturated carbocycles. The van der Waals surface area contributed by atoms with Crippen LogP contribution < -0.4 is 0 Å². The standard InChI is InChI=1S/C6H9NO2/c1-4-5(7-2)6(8)9-3/h5H,4H2,1,3H3/t5-/m0/s1. The Labute approximate surface area is 54.4 Å². The summed E-state index contributed by atoms with van der Waals surface area (Å²) in [6.45, 7) is 8.30. The number of methoxy groups -OCH3 is 1. The average molecular weight is 127 g/mol. The molecule has 0 rings (SSSR count). The van der Waals surface area contributed by atoms with E-state index >= 15 is 0 Å². The number of carbonyl (C=O) groups is 1. The SMILES string of the molecule is [C-]#[N+][C@@H](CC)C(=O)OC. The van der Waals surface area contributed by atoms with Crippen molar-refractivity contribution in [3.8, 4) is 0 Å². The van der Waals surface area contributed by atoms with E-state index in [2.05, 4.69) is 9.58 Å². The van der Waals surface area contributed by atoms with Crippen molar-refractivity contribution in [1.82, 2.24) is 0 Å². The highest BCUT2D eigenvalue weighted by Crippen LogP contribution is 1.97. The van der Waals surface area contributed by atoms with Gasteiger partial charge in [-0.05, 0) is 0 Å². The largest absolute Gasteiger partial charge is 0.463 e. The van der Waals surface area contributed by atoms with E-state index in [4.69, 9.17) is 6.57 Å². The fraction of sp³-hybridized carbons (Fsp3) is 0.667. The topological polar surface area (TPSA) is 30.7 Å². The Bertz CT molecular complexity index is 136. The molecular formula is C6H9NO2. The Balaban J connectivity index is 3.84. The highest BCUT2D eigenvalue weighted by molar-refractivity contribution is 5.77. The van der Waals surface area contributed by atoms with Gasteiger partial charge in [0.15, 0.2) is 0 Å². The van der Waals surface area contributed by atoms with Gasteiger partial charge in [0.25, 0.3) is 0 Å². The van der Waals surface area contributed by atoms with Crippen molar-refractivity contribution in [1.29, 1.82) is 0 Å². The smallest absolute Gasteiger partial charge is 0.389 e. The van der Waals surface area contributed by atoms with E-state index in [9.17, 15) is 4.79 Å². The van der Waals surface area contributed by atoms with E-state index in [0.717, 1.165) is 0 Å². The number of ether oxygens (including phenoxy) is 1. The van der Waals surface area contributed by atoms with Gasteiger partial charge in [0, 0.05) is 6.42 Å². The van der Waals surface area contributed by atoms with Crippen LogP contribution in [0.1, 0.15) is 13.3 Å². The fourth-order valence-corrected chi connectivity index (χ4v) is 0.447. The maximum absolute atomic E-state index is 10.5. The lowest BCUT2D eigenvalue weighted by molar-refractivity contribution is -0.141. The number of esters is 1. The molecule has 0 aromatic rings. The molecule has 0 bridgehead atoms. The first-order chi connectivity index (χ1) is 4.26. The van der Waals surface area contributed by atoms with Gasteiger partial charge >= 0.3 is 12.0 Å². The molecule has 0 N–H and O–H groups in total. The monoisotopic (exact) mass is 127 g/mol. The van der Waals surface area contributed by atoms with Crippen LogP contribution in [-0.2, 0) is 9.53 Å². The highest BCUT2D eigenvalue weighted by atomic mass is 16.5. The average Bonchev–Trinajstić information content (AvgIpc) is 1.90. The third-order valence-electron chi connectivity index (χ3n) is 1.02. The molecule has 1 atom stereocenters. The summed E-state index contributed by atoms with van der Waals surface area (Å²) < 4.78 is 4.34. The maximum atomic E-state index is 10.5. The molecule has 0 radical (unpaired) electrons. The Morgan fingerprint density at radius 2 is 2.44 bits per heavy atom. The number of hydrogen-bond acceptors (Lipinski definition) is 2. The lowest BCUT2D eigenvalue weighted by Gasteiger charge is -1.97. The number of nitrogens with zero attached hydrogens (tertiary/aromatic N) is 1. The molecule has 0 unspecified atom stereocenters. The van der Waals surface area contributed by atoms with Crippen LogP contribution >= 0.6 is 0 Å². The van der Waals surface area contributed by atoms with Gasteiger partial charge in [-0.2, -0.15) is 0 Å². The quantitative estimate of drug-likeness (QED) is 0.407. The second-order valence-corrected chi connectivity index (χ2v) is 1.58. The summed E-state index contributed by atoms with van der Waals surface area (Å²) in [5.74, 6) is -0.437. The Morgan fingerprint density at radius 3 is 2.56 bits per heavy atom. The van der Waals surface area contributed by atoms with Crippen molar-refractivity contribution in [2.75, 3.05) is 7.11 Å². The highest BCUT2D eigenvalue weighted by Gasteiger charge is 2.20. The van der Waals surface area contributed by atoms with Gasteiger partial charge in [-0.3, -0.25) is 0 Å². The predicted molar refractivity (Wildman–Crippen MR) is 32.7 cm³/mol. The third-order valence-corrected chi connectivity index (χ3v) is 1.02. The molecule has 0 aromatic carbocycles. The van der Waals surface area contributed by atoms with E-state index in [-0.39, 0.29) is 0 Å². The molecule has 0 aliphatic carbocycles. The maximum Gasteiger partial charge on any atom is 0.389 e. The van der Waals surface area contributed by atoms with Crippen molar-refractivity contribution < 1.29 is 9.53 Å². The summed E-state index contributed by atoms with van der Waals surface area (Å²) >= 11 is 0. The first-order valence-corrected chi connectivity index (χ1v) is 2.70.